The lowest BCUT2D eigenvalue weighted by Gasteiger charge is -2.06. The van der Waals surface area contributed by atoms with Gasteiger partial charge in [-0.3, -0.25) is 14.9 Å². The third kappa shape index (κ3) is 4.01. The molecule has 0 aliphatic carbocycles. The van der Waals surface area contributed by atoms with Crippen LogP contribution < -0.4 is 5.32 Å². The average Bonchev–Trinajstić information content (AvgIpc) is 3.00. The molecule has 2 rings (SSSR count). The summed E-state index contributed by atoms with van der Waals surface area (Å²) < 4.78 is 0. The molecule has 0 spiro atoms. The zero-order chi connectivity index (χ0) is 17.0. The van der Waals surface area contributed by atoms with Gasteiger partial charge in [-0.1, -0.05) is 32.1 Å². The van der Waals surface area contributed by atoms with E-state index in [1.54, 1.807) is 31.3 Å². The minimum absolute atomic E-state index is 0.0857. The zero-order valence-electron chi connectivity index (χ0n) is 13.1. The van der Waals surface area contributed by atoms with Crippen molar-refractivity contribution in [3.8, 4) is 0 Å². The van der Waals surface area contributed by atoms with Crippen molar-refractivity contribution in [2.24, 2.45) is 0 Å². The molecule has 6 nitrogen and oxygen atoms in total. The Kier molecular flexibility index (Phi) is 5.23. The van der Waals surface area contributed by atoms with Gasteiger partial charge in [-0.15, -0.1) is 11.3 Å². The first-order chi connectivity index (χ1) is 10.9. The van der Waals surface area contributed by atoms with E-state index < -0.39 is 0 Å². The second-order valence-electron chi connectivity index (χ2n) is 5.21. The van der Waals surface area contributed by atoms with Crippen molar-refractivity contribution in [2.75, 3.05) is 7.05 Å². The van der Waals surface area contributed by atoms with Gasteiger partial charge in [0.2, 0.25) is 0 Å². The van der Waals surface area contributed by atoms with Gasteiger partial charge in [0.05, 0.1) is 11.1 Å². The van der Waals surface area contributed by atoms with E-state index in [0.717, 1.165) is 5.56 Å². The van der Waals surface area contributed by atoms with Crippen LogP contribution in [0.2, 0.25) is 0 Å². The molecule has 120 valence electrons. The fraction of sp³-hybridized carbons (Fsp3) is 0.250. The predicted molar refractivity (Wildman–Crippen MR) is 91.6 cm³/mol. The Hall–Kier alpha value is -2.54. The Morgan fingerprint density at radius 3 is 2.74 bits per heavy atom. The molecule has 0 aliphatic heterocycles. The summed E-state index contributed by atoms with van der Waals surface area (Å²) in [6, 6.07) is 5.17. The summed E-state index contributed by atoms with van der Waals surface area (Å²) in [4.78, 5) is 27.0. The van der Waals surface area contributed by atoms with E-state index in [-0.39, 0.29) is 22.4 Å². The van der Waals surface area contributed by atoms with Gasteiger partial charge in [0.15, 0.2) is 0 Å². The van der Waals surface area contributed by atoms with Crippen molar-refractivity contribution < 1.29 is 9.72 Å². The van der Waals surface area contributed by atoms with Crippen LogP contribution in [0.4, 0.5) is 5.69 Å². The Morgan fingerprint density at radius 1 is 1.39 bits per heavy atom. The van der Waals surface area contributed by atoms with Crippen LogP contribution in [0.5, 0.6) is 0 Å². The summed E-state index contributed by atoms with van der Waals surface area (Å²) in [6.07, 6.45) is 5.00. The summed E-state index contributed by atoms with van der Waals surface area (Å²) in [7, 11) is 1.56. The number of hydrogen-bond acceptors (Lipinski definition) is 5. The summed E-state index contributed by atoms with van der Waals surface area (Å²) in [5.74, 6) is -0.0958. The van der Waals surface area contributed by atoms with E-state index in [1.165, 1.54) is 17.5 Å². The first kappa shape index (κ1) is 16.8. The van der Waals surface area contributed by atoms with Crippen LogP contribution in [0.15, 0.2) is 24.4 Å². The first-order valence-corrected chi connectivity index (χ1v) is 7.88. The predicted octanol–water partition coefficient (Wildman–Crippen LogP) is 3.70. The lowest BCUT2D eigenvalue weighted by molar-refractivity contribution is -0.385. The maximum absolute atomic E-state index is 11.5. The van der Waals surface area contributed by atoms with Gasteiger partial charge in [0.25, 0.3) is 11.6 Å². The van der Waals surface area contributed by atoms with Crippen molar-refractivity contribution in [1.82, 2.24) is 10.3 Å². The van der Waals surface area contributed by atoms with Crippen molar-refractivity contribution in [1.29, 1.82) is 0 Å². The van der Waals surface area contributed by atoms with Gasteiger partial charge in [-0.25, -0.2) is 4.98 Å². The molecule has 1 N–H and O–H groups in total. The van der Waals surface area contributed by atoms with Crippen molar-refractivity contribution in [2.45, 2.75) is 19.8 Å². The standard InChI is InChI=1S/C16H17N3O3S/c1-10(2)12-6-4-11(8-13(12)19(21)22)5-7-15-18-9-14(23-15)16(20)17-3/h4-10H,1-3H3,(H,17,20). The number of nitrogens with zero attached hydrogens (tertiary/aromatic N) is 2. The normalized spacial score (nSPS) is 11.1. The molecular weight excluding hydrogens is 314 g/mol. The average molecular weight is 331 g/mol. The third-order valence-corrected chi connectivity index (χ3v) is 4.23. The number of amides is 1. The van der Waals surface area contributed by atoms with Crippen LogP contribution in [0.1, 0.15) is 45.6 Å². The van der Waals surface area contributed by atoms with Crippen LogP contribution in [0.25, 0.3) is 12.2 Å². The number of nitrogens with one attached hydrogen (secondary N) is 1. The van der Waals surface area contributed by atoms with Gasteiger partial charge in [0.1, 0.15) is 9.88 Å². The summed E-state index contributed by atoms with van der Waals surface area (Å²) in [5.41, 5.74) is 1.55. The van der Waals surface area contributed by atoms with E-state index in [2.05, 4.69) is 10.3 Å². The Labute approximate surface area is 138 Å². The van der Waals surface area contributed by atoms with Gasteiger partial charge in [0, 0.05) is 18.7 Å². The fourth-order valence-electron chi connectivity index (χ4n) is 2.07. The smallest absolute Gasteiger partial charge is 0.273 e. The van der Waals surface area contributed by atoms with Gasteiger partial charge in [-0.2, -0.15) is 0 Å². The SMILES string of the molecule is CNC(=O)c1cnc(C=Cc2ccc(C(C)C)c([N+](=O)[O-])c2)s1. The number of benzene rings is 1. The van der Waals surface area contributed by atoms with E-state index in [9.17, 15) is 14.9 Å². The fourth-order valence-corrected chi connectivity index (χ4v) is 2.84. The topological polar surface area (TPSA) is 85.1 Å². The minimum atomic E-state index is -0.361. The van der Waals surface area contributed by atoms with Gasteiger partial charge in [-0.05, 0) is 17.6 Å². The van der Waals surface area contributed by atoms with E-state index >= 15 is 0 Å². The highest BCUT2D eigenvalue weighted by atomic mass is 32.1. The molecule has 23 heavy (non-hydrogen) atoms. The molecule has 0 unspecified atom stereocenters. The summed E-state index contributed by atoms with van der Waals surface area (Å²) >= 11 is 1.26. The lowest BCUT2D eigenvalue weighted by Crippen LogP contribution is -2.16. The van der Waals surface area contributed by atoms with Crippen molar-refractivity contribution in [3.05, 3.63) is 55.5 Å². The zero-order valence-corrected chi connectivity index (χ0v) is 13.9. The van der Waals surface area contributed by atoms with Crippen LogP contribution >= 0.6 is 11.3 Å². The van der Waals surface area contributed by atoms with Gasteiger partial charge < -0.3 is 5.32 Å². The number of carbonyl (C=O) groups excluding carboxylic acids is 1. The monoisotopic (exact) mass is 331 g/mol. The number of nitro groups is 1. The molecule has 1 aromatic carbocycles. The summed E-state index contributed by atoms with van der Waals surface area (Å²) in [6.45, 7) is 3.85. The highest BCUT2D eigenvalue weighted by Crippen LogP contribution is 2.28. The number of nitro benzene ring substituents is 1. The Balaban J connectivity index is 2.26. The van der Waals surface area contributed by atoms with Crippen molar-refractivity contribution >= 4 is 35.1 Å². The molecule has 0 bridgehead atoms. The molecule has 0 saturated heterocycles. The Morgan fingerprint density at radius 2 is 2.13 bits per heavy atom. The molecule has 0 saturated carbocycles. The number of rotatable bonds is 5. The van der Waals surface area contributed by atoms with Crippen LogP contribution in [0, 0.1) is 10.1 Å². The quantitative estimate of drug-likeness (QED) is 0.668. The summed E-state index contributed by atoms with van der Waals surface area (Å²) in [5, 5.41) is 14.4. The second-order valence-corrected chi connectivity index (χ2v) is 6.27. The maximum Gasteiger partial charge on any atom is 0.273 e. The lowest BCUT2D eigenvalue weighted by atomic mass is 9.99. The van der Waals surface area contributed by atoms with E-state index in [0.29, 0.717) is 15.4 Å². The van der Waals surface area contributed by atoms with Gasteiger partial charge >= 0.3 is 0 Å². The molecule has 2 aromatic rings. The van der Waals surface area contributed by atoms with Crippen LogP contribution in [-0.4, -0.2) is 22.9 Å². The molecule has 1 aromatic heterocycles. The Bertz CT molecular complexity index is 766. The number of aromatic nitrogens is 1. The number of hydrogen-bond donors (Lipinski definition) is 1. The molecule has 0 atom stereocenters. The number of thiazole rings is 1. The molecule has 7 heteroatoms. The number of carbonyl (C=O) groups is 1. The minimum Gasteiger partial charge on any atom is -0.354 e. The molecule has 0 fully saturated rings. The molecule has 1 heterocycles. The molecule has 1 amide bonds. The van der Waals surface area contributed by atoms with E-state index in [4.69, 9.17) is 0 Å². The highest BCUT2D eigenvalue weighted by Gasteiger charge is 2.16. The second kappa shape index (κ2) is 7.15. The molecule has 0 aliphatic rings. The maximum atomic E-state index is 11.5. The van der Waals surface area contributed by atoms with E-state index in [1.807, 2.05) is 19.9 Å². The van der Waals surface area contributed by atoms with Crippen LogP contribution in [0.3, 0.4) is 0 Å². The third-order valence-electron chi connectivity index (χ3n) is 3.27. The highest BCUT2D eigenvalue weighted by molar-refractivity contribution is 7.14. The molecule has 0 radical (unpaired) electrons. The van der Waals surface area contributed by atoms with Crippen molar-refractivity contribution in [3.63, 3.8) is 0 Å². The van der Waals surface area contributed by atoms with Crippen LogP contribution in [-0.2, 0) is 0 Å². The largest absolute Gasteiger partial charge is 0.354 e. The molecular formula is C16H17N3O3S. The first-order valence-electron chi connectivity index (χ1n) is 7.06.